The molecule has 0 aromatic heterocycles. The van der Waals surface area contributed by atoms with Crippen LogP contribution in [0.3, 0.4) is 0 Å². The average molecular weight is 262 g/mol. The minimum atomic E-state index is -0.928. The maximum absolute atomic E-state index is 10.4. The summed E-state index contributed by atoms with van der Waals surface area (Å²) in [6.45, 7) is 4.90. The normalized spacial score (nSPS) is 11.8. The molecule has 0 aliphatic rings. The van der Waals surface area contributed by atoms with Gasteiger partial charge in [-0.1, -0.05) is 0 Å². The molecule has 0 fully saturated rings. The van der Waals surface area contributed by atoms with E-state index in [4.69, 9.17) is 24.1 Å². The van der Waals surface area contributed by atoms with E-state index in [-0.39, 0.29) is 12.2 Å². The first-order valence-electron chi connectivity index (χ1n) is 5.80. The number of carboxylic acid groups (broad SMARTS) is 1. The minimum Gasteiger partial charge on any atom is -0.478 e. The van der Waals surface area contributed by atoms with E-state index in [0.29, 0.717) is 39.6 Å². The van der Waals surface area contributed by atoms with Gasteiger partial charge in [0.25, 0.3) is 0 Å². The largest absolute Gasteiger partial charge is 0.478 e. The Bertz CT molecular complexity index is 239. The Morgan fingerprint density at radius 2 is 1.50 bits per heavy atom. The van der Waals surface area contributed by atoms with Crippen LogP contribution in [-0.2, 0) is 23.7 Å². The summed E-state index contributed by atoms with van der Waals surface area (Å²) >= 11 is 0. The fraction of sp³-hybridized carbons (Fsp3) is 0.750. The highest BCUT2D eigenvalue weighted by molar-refractivity contribution is 5.85. The Morgan fingerprint density at radius 1 is 1.00 bits per heavy atom. The van der Waals surface area contributed by atoms with Crippen LogP contribution in [0.2, 0.25) is 0 Å². The van der Waals surface area contributed by atoms with E-state index in [9.17, 15) is 4.79 Å². The number of hydrogen-bond donors (Lipinski definition) is 1. The van der Waals surface area contributed by atoms with Crippen LogP contribution in [0.1, 0.15) is 6.92 Å². The molecule has 0 radical (unpaired) electrons. The minimum absolute atomic E-state index is 0.280. The number of aliphatic carboxylic acids is 1. The average Bonchev–Trinajstić information content (AvgIpc) is 2.35. The van der Waals surface area contributed by atoms with Crippen molar-refractivity contribution < 1.29 is 28.8 Å². The number of rotatable bonds is 12. The summed E-state index contributed by atoms with van der Waals surface area (Å²) in [6, 6.07) is 0. The first kappa shape index (κ1) is 17.1. The summed E-state index contributed by atoms with van der Waals surface area (Å²) < 4.78 is 20.4. The molecule has 6 nitrogen and oxygen atoms in total. The molecule has 0 aliphatic carbocycles. The molecule has 0 bridgehead atoms. The molecule has 18 heavy (non-hydrogen) atoms. The monoisotopic (exact) mass is 262 g/mol. The summed E-state index contributed by atoms with van der Waals surface area (Å²) in [5, 5.41) is 8.57. The van der Waals surface area contributed by atoms with Crippen molar-refractivity contribution in [3.8, 4) is 0 Å². The highest BCUT2D eigenvalue weighted by Gasteiger charge is 1.97. The smallest absolute Gasteiger partial charge is 0.331 e. The summed E-state index contributed by atoms with van der Waals surface area (Å²) in [4.78, 5) is 10.4. The van der Waals surface area contributed by atoms with Gasteiger partial charge in [-0.25, -0.2) is 4.79 Å². The molecular weight excluding hydrogens is 240 g/mol. The fourth-order valence-corrected chi connectivity index (χ4v) is 0.937. The Kier molecular flexibility index (Phi) is 11.8. The zero-order chi connectivity index (χ0) is 13.6. The van der Waals surface area contributed by atoms with Gasteiger partial charge in [-0.3, -0.25) is 0 Å². The highest BCUT2D eigenvalue weighted by Crippen LogP contribution is 1.91. The first-order chi connectivity index (χ1) is 8.68. The van der Waals surface area contributed by atoms with Gasteiger partial charge in [0, 0.05) is 12.7 Å². The number of methoxy groups -OCH3 is 1. The van der Waals surface area contributed by atoms with Crippen molar-refractivity contribution in [2.75, 3.05) is 53.4 Å². The second-order valence-electron chi connectivity index (χ2n) is 3.48. The van der Waals surface area contributed by atoms with Gasteiger partial charge in [0.1, 0.15) is 0 Å². The second kappa shape index (κ2) is 12.5. The third kappa shape index (κ3) is 11.5. The van der Waals surface area contributed by atoms with Gasteiger partial charge in [0.05, 0.1) is 46.2 Å². The molecule has 106 valence electrons. The van der Waals surface area contributed by atoms with Gasteiger partial charge < -0.3 is 24.1 Å². The lowest BCUT2D eigenvalue weighted by molar-refractivity contribution is -0.132. The number of carbonyl (C=O) groups is 1. The Balaban J connectivity index is 3.17. The van der Waals surface area contributed by atoms with Gasteiger partial charge in [0.2, 0.25) is 0 Å². The molecule has 0 spiro atoms. The number of hydrogen-bond acceptors (Lipinski definition) is 5. The van der Waals surface area contributed by atoms with Crippen molar-refractivity contribution >= 4 is 5.97 Å². The quantitative estimate of drug-likeness (QED) is 0.412. The lowest BCUT2D eigenvalue weighted by Crippen LogP contribution is -2.11. The molecule has 0 aromatic carbocycles. The van der Waals surface area contributed by atoms with Crippen LogP contribution in [0, 0.1) is 0 Å². The molecule has 0 aliphatic heterocycles. The summed E-state index contributed by atoms with van der Waals surface area (Å²) in [5.41, 5.74) is 0.280. The maximum Gasteiger partial charge on any atom is 0.331 e. The predicted molar refractivity (Wildman–Crippen MR) is 65.7 cm³/mol. The van der Waals surface area contributed by atoms with Crippen molar-refractivity contribution in [2.24, 2.45) is 0 Å². The molecule has 0 rings (SSSR count). The van der Waals surface area contributed by atoms with Gasteiger partial charge >= 0.3 is 5.97 Å². The van der Waals surface area contributed by atoms with Crippen LogP contribution in [-0.4, -0.2) is 64.4 Å². The molecule has 6 heteroatoms. The molecular formula is C12H22O6. The Hall–Kier alpha value is -0.950. The Morgan fingerprint density at radius 3 is 2.00 bits per heavy atom. The molecule has 0 unspecified atom stereocenters. The van der Waals surface area contributed by atoms with Crippen molar-refractivity contribution in [1.29, 1.82) is 0 Å². The molecule has 0 saturated heterocycles. The van der Waals surface area contributed by atoms with E-state index in [0.717, 1.165) is 0 Å². The van der Waals surface area contributed by atoms with Crippen LogP contribution in [0.4, 0.5) is 0 Å². The predicted octanol–water partition coefficient (Wildman–Crippen LogP) is 0.713. The van der Waals surface area contributed by atoms with Crippen molar-refractivity contribution in [3.63, 3.8) is 0 Å². The lowest BCUT2D eigenvalue weighted by Gasteiger charge is -2.05. The summed E-state index contributed by atoms with van der Waals surface area (Å²) in [6.07, 6.45) is 1.52. The van der Waals surface area contributed by atoms with Crippen molar-refractivity contribution in [3.05, 3.63) is 11.6 Å². The lowest BCUT2D eigenvalue weighted by atomic mass is 10.3. The molecule has 0 aromatic rings. The first-order valence-corrected chi connectivity index (χ1v) is 5.80. The third-order valence-corrected chi connectivity index (χ3v) is 2.02. The van der Waals surface area contributed by atoms with Crippen LogP contribution in [0.25, 0.3) is 0 Å². The van der Waals surface area contributed by atoms with Gasteiger partial charge in [-0.15, -0.1) is 0 Å². The molecule has 0 heterocycles. The van der Waals surface area contributed by atoms with Crippen LogP contribution in [0.15, 0.2) is 11.6 Å². The molecule has 0 atom stereocenters. The topological polar surface area (TPSA) is 74.2 Å². The van der Waals surface area contributed by atoms with Crippen molar-refractivity contribution in [2.45, 2.75) is 6.92 Å². The number of ether oxygens (including phenoxy) is 4. The van der Waals surface area contributed by atoms with Gasteiger partial charge in [0.15, 0.2) is 0 Å². The maximum atomic E-state index is 10.4. The molecule has 0 saturated carbocycles. The SMILES string of the molecule is COCCOCCOCCOC/C=C(/C)C(=O)O. The van der Waals surface area contributed by atoms with E-state index in [1.807, 2.05) is 0 Å². The standard InChI is InChI=1S/C12H22O6/c1-11(12(13)14)3-4-16-7-8-18-10-9-17-6-5-15-2/h3H,4-10H2,1-2H3,(H,13,14)/b11-3-. The second-order valence-corrected chi connectivity index (χ2v) is 3.48. The van der Waals surface area contributed by atoms with E-state index >= 15 is 0 Å². The number of carboxylic acids is 1. The van der Waals surface area contributed by atoms with E-state index in [1.54, 1.807) is 7.11 Å². The summed E-state index contributed by atoms with van der Waals surface area (Å²) in [7, 11) is 1.62. The molecule has 1 N–H and O–H groups in total. The highest BCUT2D eigenvalue weighted by atomic mass is 16.6. The summed E-state index contributed by atoms with van der Waals surface area (Å²) in [5.74, 6) is -0.928. The zero-order valence-electron chi connectivity index (χ0n) is 11.0. The zero-order valence-corrected chi connectivity index (χ0v) is 11.0. The van der Waals surface area contributed by atoms with Crippen LogP contribution >= 0.6 is 0 Å². The van der Waals surface area contributed by atoms with E-state index in [2.05, 4.69) is 0 Å². The third-order valence-electron chi connectivity index (χ3n) is 2.02. The van der Waals surface area contributed by atoms with E-state index < -0.39 is 5.97 Å². The molecule has 0 amide bonds. The fourth-order valence-electron chi connectivity index (χ4n) is 0.937. The Labute approximate surface area is 107 Å². The van der Waals surface area contributed by atoms with Crippen LogP contribution in [0.5, 0.6) is 0 Å². The van der Waals surface area contributed by atoms with Crippen LogP contribution < -0.4 is 0 Å². The van der Waals surface area contributed by atoms with E-state index in [1.165, 1.54) is 13.0 Å². The van der Waals surface area contributed by atoms with Gasteiger partial charge in [-0.05, 0) is 13.0 Å². The van der Waals surface area contributed by atoms with Crippen molar-refractivity contribution in [1.82, 2.24) is 0 Å². The van der Waals surface area contributed by atoms with Gasteiger partial charge in [-0.2, -0.15) is 0 Å².